The van der Waals surface area contributed by atoms with E-state index in [9.17, 15) is 4.79 Å². The fourth-order valence-electron chi connectivity index (χ4n) is 3.42. The number of hydrogen-bond donors (Lipinski definition) is 1. The van der Waals surface area contributed by atoms with Gasteiger partial charge in [0.2, 0.25) is 5.91 Å². The van der Waals surface area contributed by atoms with Gasteiger partial charge in [0, 0.05) is 36.3 Å². The van der Waals surface area contributed by atoms with Crippen LogP contribution in [0.15, 0.2) is 48.8 Å². The summed E-state index contributed by atoms with van der Waals surface area (Å²) in [5.41, 5.74) is 3.98. The maximum absolute atomic E-state index is 12.9. The van der Waals surface area contributed by atoms with Crippen molar-refractivity contribution in [2.24, 2.45) is 5.92 Å². The second-order valence-corrected chi connectivity index (χ2v) is 7.67. The summed E-state index contributed by atoms with van der Waals surface area (Å²) in [4.78, 5) is 17.5. The Morgan fingerprint density at radius 1 is 1.18 bits per heavy atom. The number of amides is 1. The summed E-state index contributed by atoms with van der Waals surface area (Å²) >= 11 is 0. The summed E-state index contributed by atoms with van der Waals surface area (Å²) in [5.74, 6) is 1.03. The number of fused-ring (bicyclic) bond motifs is 1. The van der Waals surface area contributed by atoms with E-state index in [1.54, 1.807) is 7.11 Å². The molecule has 5 heteroatoms. The maximum atomic E-state index is 12.9. The van der Waals surface area contributed by atoms with Crippen LogP contribution in [0.4, 0.5) is 0 Å². The van der Waals surface area contributed by atoms with Gasteiger partial charge in [-0.2, -0.15) is 0 Å². The van der Waals surface area contributed by atoms with E-state index in [0.29, 0.717) is 12.3 Å². The van der Waals surface area contributed by atoms with Gasteiger partial charge in [0.05, 0.1) is 12.8 Å². The molecule has 3 aromatic rings. The highest BCUT2D eigenvalue weighted by atomic mass is 16.5. The number of aryl methyl sites for hydroxylation is 1. The normalized spacial score (nSPS) is 13.5. The third kappa shape index (κ3) is 4.03. The Morgan fingerprint density at radius 2 is 1.93 bits per heavy atom. The van der Waals surface area contributed by atoms with Crippen molar-refractivity contribution < 1.29 is 9.53 Å². The summed E-state index contributed by atoms with van der Waals surface area (Å²) in [5, 5.41) is 3.13. The highest BCUT2D eigenvalue weighted by Gasteiger charge is 2.25. The second-order valence-electron chi connectivity index (χ2n) is 7.67. The summed E-state index contributed by atoms with van der Waals surface area (Å²) in [7, 11) is 1.66. The number of para-hydroxylation sites is 1. The zero-order chi connectivity index (χ0) is 20.3. The standard InChI is InChI=1S/C23H29N3O2/c1-15(2)17(4)25-22(27)13-19(18-10-6-7-11-21(18)28-5)20-14-24-23-16(3)9-8-12-26(20)23/h6-12,14-15,17,19H,13H2,1-5H3,(H,25,27). The minimum atomic E-state index is -0.160. The smallest absolute Gasteiger partial charge is 0.221 e. The van der Waals surface area contributed by atoms with Gasteiger partial charge in [-0.3, -0.25) is 4.79 Å². The molecule has 3 rings (SSSR count). The van der Waals surface area contributed by atoms with Crippen molar-refractivity contribution in [2.45, 2.75) is 46.1 Å². The predicted molar refractivity (Wildman–Crippen MR) is 112 cm³/mol. The number of hydrogen-bond acceptors (Lipinski definition) is 3. The van der Waals surface area contributed by atoms with Crippen LogP contribution in [0.5, 0.6) is 5.75 Å². The lowest BCUT2D eigenvalue weighted by molar-refractivity contribution is -0.122. The van der Waals surface area contributed by atoms with Crippen LogP contribution in [-0.2, 0) is 4.79 Å². The van der Waals surface area contributed by atoms with Gasteiger partial charge in [-0.1, -0.05) is 38.1 Å². The third-order valence-corrected chi connectivity index (χ3v) is 5.41. The van der Waals surface area contributed by atoms with Gasteiger partial charge < -0.3 is 14.5 Å². The molecule has 2 atom stereocenters. The number of pyridine rings is 1. The first-order chi connectivity index (χ1) is 13.4. The fraction of sp³-hybridized carbons (Fsp3) is 0.391. The fourth-order valence-corrected chi connectivity index (χ4v) is 3.42. The molecule has 1 N–H and O–H groups in total. The van der Waals surface area contributed by atoms with Crippen molar-refractivity contribution in [3.05, 3.63) is 65.6 Å². The van der Waals surface area contributed by atoms with Crippen molar-refractivity contribution in [3.8, 4) is 5.75 Å². The average molecular weight is 380 g/mol. The van der Waals surface area contributed by atoms with Crippen molar-refractivity contribution in [2.75, 3.05) is 7.11 Å². The molecule has 0 bridgehead atoms. The van der Waals surface area contributed by atoms with E-state index in [1.165, 1.54) is 0 Å². The van der Waals surface area contributed by atoms with Crippen LogP contribution in [0.3, 0.4) is 0 Å². The lowest BCUT2D eigenvalue weighted by atomic mass is 9.91. The number of carbonyl (C=O) groups is 1. The monoisotopic (exact) mass is 379 g/mol. The van der Waals surface area contributed by atoms with E-state index >= 15 is 0 Å². The molecule has 148 valence electrons. The molecule has 0 aliphatic heterocycles. The van der Waals surface area contributed by atoms with Gasteiger partial charge in [0.25, 0.3) is 0 Å². The first-order valence-electron chi connectivity index (χ1n) is 9.77. The molecule has 2 aromatic heterocycles. The minimum Gasteiger partial charge on any atom is -0.496 e. The van der Waals surface area contributed by atoms with Gasteiger partial charge in [-0.15, -0.1) is 0 Å². The Morgan fingerprint density at radius 3 is 2.64 bits per heavy atom. The molecule has 28 heavy (non-hydrogen) atoms. The number of imidazole rings is 1. The van der Waals surface area contributed by atoms with E-state index in [0.717, 1.165) is 28.2 Å². The molecule has 0 saturated carbocycles. The van der Waals surface area contributed by atoms with Crippen LogP contribution >= 0.6 is 0 Å². The Kier molecular flexibility index (Phi) is 6.02. The SMILES string of the molecule is COc1ccccc1C(CC(=O)NC(C)C(C)C)c1cnc2c(C)cccn12. The molecule has 0 radical (unpaired) electrons. The Balaban J connectivity index is 2.04. The Labute approximate surface area is 166 Å². The lowest BCUT2D eigenvalue weighted by Crippen LogP contribution is -2.37. The van der Waals surface area contributed by atoms with Crippen LogP contribution < -0.4 is 10.1 Å². The molecule has 0 spiro atoms. The molecule has 2 heterocycles. The molecule has 1 amide bonds. The number of benzene rings is 1. The van der Waals surface area contributed by atoms with Crippen LogP contribution in [0.2, 0.25) is 0 Å². The highest BCUT2D eigenvalue weighted by Crippen LogP contribution is 2.35. The van der Waals surface area contributed by atoms with Gasteiger partial charge >= 0.3 is 0 Å². The maximum Gasteiger partial charge on any atom is 0.221 e. The van der Waals surface area contributed by atoms with E-state index in [4.69, 9.17) is 4.74 Å². The number of nitrogens with one attached hydrogen (secondary N) is 1. The quantitative estimate of drug-likeness (QED) is 0.665. The molecular formula is C23H29N3O2. The Bertz CT molecular complexity index is 961. The average Bonchev–Trinajstić information content (AvgIpc) is 3.11. The first-order valence-corrected chi connectivity index (χ1v) is 9.77. The summed E-state index contributed by atoms with van der Waals surface area (Å²) < 4.78 is 7.67. The van der Waals surface area contributed by atoms with Crippen molar-refractivity contribution >= 4 is 11.6 Å². The Hall–Kier alpha value is -2.82. The topological polar surface area (TPSA) is 55.6 Å². The van der Waals surface area contributed by atoms with Crippen LogP contribution in [0.25, 0.3) is 5.65 Å². The number of ether oxygens (including phenoxy) is 1. The molecule has 0 aliphatic rings. The number of aromatic nitrogens is 2. The molecule has 1 aromatic carbocycles. The molecule has 0 fully saturated rings. The predicted octanol–water partition coefficient (Wildman–Crippen LogP) is 4.33. The minimum absolute atomic E-state index is 0.0275. The number of carbonyl (C=O) groups excluding carboxylic acids is 1. The van der Waals surface area contributed by atoms with Gasteiger partial charge in [-0.05, 0) is 37.5 Å². The number of nitrogens with zero attached hydrogens (tertiary/aromatic N) is 2. The van der Waals surface area contributed by atoms with Crippen LogP contribution in [0.1, 0.15) is 49.9 Å². The molecular weight excluding hydrogens is 350 g/mol. The van der Waals surface area contributed by atoms with E-state index < -0.39 is 0 Å². The number of rotatable bonds is 7. The van der Waals surface area contributed by atoms with Crippen LogP contribution in [-0.4, -0.2) is 28.4 Å². The van der Waals surface area contributed by atoms with Crippen LogP contribution in [0, 0.1) is 12.8 Å². The first kappa shape index (κ1) is 19.9. The number of methoxy groups -OCH3 is 1. The van der Waals surface area contributed by atoms with Crippen molar-refractivity contribution in [3.63, 3.8) is 0 Å². The summed E-state index contributed by atoms with van der Waals surface area (Å²) in [6.07, 6.45) is 4.21. The van der Waals surface area contributed by atoms with Gasteiger partial charge in [0.15, 0.2) is 0 Å². The highest BCUT2D eigenvalue weighted by molar-refractivity contribution is 5.78. The largest absolute Gasteiger partial charge is 0.496 e. The third-order valence-electron chi connectivity index (χ3n) is 5.41. The second kappa shape index (κ2) is 8.46. The van der Waals surface area contributed by atoms with Crippen molar-refractivity contribution in [1.29, 1.82) is 0 Å². The van der Waals surface area contributed by atoms with Gasteiger partial charge in [-0.25, -0.2) is 4.98 Å². The zero-order valence-electron chi connectivity index (χ0n) is 17.3. The molecule has 0 aliphatic carbocycles. The molecule has 0 saturated heterocycles. The van der Waals surface area contributed by atoms with Crippen molar-refractivity contribution in [1.82, 2.24) is 14.7 Å². The molecule has 5 nitrogen and oxygen atoms in total. The zero-order valence-corrected chi connectivity index (χ0v) is 17.3. The van der Waals surface area contributed by atoms with Gasteiger partial charge in [0.1, 0.15) is 11.4 Å². The summed E-state index contributed by atoms with van der Waals surface area (Å²) in [6.45, 7) is 8.30. The van der Waals surface area contributed by atoms with E-state index in [-0.39, 0.29) is 17.9 Å². The van der Waals surface area contributed by atoms with E-state index in [1.807, 2.05) is 62.6 Å². The molecule has 2 unspecified atom stereocenters. The summed E-state index contributed by atoms with van der Waals surface area (Å²) in [6, 6.07) is 12.1. The lowest BCUT2D eigenvalue weighted by Gasteiger charge is -2.22. The van der Waals surface area contributed by atoms with E-state index in [2.05, 4.69) is 28.5 Å².